The number of hydrogen-bond donors (Lipinski definition) is 1. The Hall–Kier alpha value is -2.35. The molecule has 0 spiro atoms. The van der Waals surface area contributed by atoms with Crippen LogP contribution >= 0.6 is 15.9 Å². The van der Waals surface area contributed by atoms with Gasteiger partial charge in [0.25, 0.3) is 0 Å². The van der Waals surface area contributed by atoms with Gasteiger partial charge in [0.2, 0.25) is 5.91 Å². The van der Waals surface area contributed by atoms with Gasteiger partial charge in [-0.15, -0.1) is 0 Å². The number of benzene rings is 1. The third kappa shape index (κ3) is 2.98. The van der Waals surface area contributed by atoms with E-state index in [1.807, 2.05) is 29.2 Å². The Morgan fingerprint density at radius 1 is 1.31 bits per heavy atom. The number of carbonyl (C=O) groups excluding carboxylic acids is 2. The average molecular weight is 419 g/mol. The molecule has 0 unspecified atom stereocenters. The summed E-state index contributed by atoms with van der Waals surface area (Å²) in [5.41, 5.74) is 1.97. The zero-order chi connectivity index (χ0) is 18.3. The van der Waals surface area contributed by atoms with Crippen LogP contribution in [-0.2, 0) is 9.53 Å². The van der Waals surface area contributed by atoms with Crippen molar-refractivity contribution in [3.63, 3.8) is 0 Å². The molecule has 0 radical (unpaired) electrons. The van der Waals surface area contributed by atoms with Crippen LogP contribution in [0, 0.1) is 0 Å². The number of aromatic nitrogens is 2. The van der Waals surface area contributed by atoms with Crippen LogP contribution in [0.15, 0.2) is 34.9 Å². The third-order valence-corrected chi connectivity index (χ3v) is 5.58. The summed E-state index contributed by atoms with van der Waals surface area (Å²) >= 11 is 3.44. The summed E-state index contributed by atoms with van der Waals surface area (Å²) in [5.74, 6) is 0.737. The minimum Gasteiger partial charge on any atom is -0.453 e. The van der Waals surface area contributed by atoms with Gasteiger partial charge in [0.15, 0.2) is 0 Å². The van der Waals surface area contributed by atoms with E-state index in [2.05, 4.69) is 25.9 Å². The van der Waals surface area contributed by atoms with Crippen LogP contribution in [0.5, 0.6) is 0 Å². The number of hydrogen-bond acceptors (Lipinski definition) is 4. The predicted molar refractivity (Wildman–Crippen MR) is 98.3 cm³/mol. The van der Waals surface area contributed by atoms with E-state index >= 15 is 0 Å². The van der Waals surface area contributed by atoms with Crippen molar-refractivity contribution in [2.45, 2.75) is 24.9 Å². The maximum atomic E-state index is 12.6. The van der Waals surface area contributed by atoms with Crippen LogP contribution in [0.1, 0.15) is 24.7 Å². The summed E-state index contributed by atoms with van der Waals surface area (Å²) in [6.45, 7) is 0.565. The van der Waals surface area contributed by atoms with E-state index in [1.54, 1.807) is 6.20 Å². The fraction of sp³-hybridized carbons (Fsp3) is 0.389. The van der Waals surface area contributed by atoms with Gasteiger partial charge in [-0.2, -0.15) is 0 Å². The van der Waals surface area contributed by atoms with Crippen LogP contribution in [-0.4, -0.2) is 58.0 Å². The smallest absolute Gasteiger partial charge is 0.410 e. The van der Waals surface area contributed by atoms with Gasteiger partial charge < -0.3 is 14.6 Å². The lowest BCUT2D eigenvalue weighted by molar-refractivity contribution is -0.139. The van der Waals surface area contributed by atoms with E-state index in [-0.39, 0.29) is 24.5 Å². The molecule has 2 saturated heterocycles. The molecule has 0 aliphatic carbocycles. The quantitative estimate of drug-likeness (QED) is 0.812. The molecule has 0 saturated carbocycles. The third-order valence-electron chi connectivity index (χ3n) is 5.05. The monoisotopic (exact) mass is 418 g/mol. The molecule has 136 valence electrons. The number of ether oxygens (including phenoxy) is 1. The molecule has 1 aromatic heterocycles. The zero-order valence-corrected chi connectivity index (χ0v) is 15.9. The number of nitrogens with one attached hydrogen (secondary N) is 1. The lowest BCUT2D eigenvalue weighted by atomic mass is 10.1. The molecule has 1 aromatic carbocycles. The number of amides is 2. The molecule has 7 nitrogen and oxygen atoms in total. The number of rotatable bonds is 2. The first-order chi connectivity index (χ1) is 12.6. The normalized spacial score (nSPS) is 22.5. The summed E-state index contributed by atoms with van der Waals surface area (Å²) in [7, 11) is 1.34. The first kappa shape index (κ1) is 17.1. The molecule has 2 aromatic rings. The zero-order valence-electron chi connectivity index (χ0n) is 14.3. The van der Waals surface area contributed by atoms with Gasteiger partial charge in [0.05, 0.1) is 31.1 Å². The number of methoxy groups -OCH3 is 1. The SMILES string of the molecule is COC(=O)N1CC(=O)N2[C@@H](CC[C@H]2c2ncc(-c3ccc(Br)cc3)[nH]2)C1. The van der Waals surface area contributed by atoms with Crippen molar-refractivity contribution in [3.8, 4) is 11.3 Å². The lowest BCUT2D eigenvalue weighted by Gasteiger charge is -2.38. The second-order valence-corrected chi connectivity index (χ2v) is 7.50. The van der Waals surface area contributed by atoms with Crippen LogP contribution in [0.2, 0.25) is 0 Å². The molecule has 2 aliphatic heterocycles. The first-order valence-electron chi connectivity index (χ1n) is 8.51. The highest BCUT2D eigenvalue weighted by molar-refractivity contribution is 9.10. The number of H-pyrrole nitrogens is 1. The molecule has 2 atom stereocenters. The van der Waals surface area contributed by atoms with Gasteiger partial charge in [-0.25, -0.2) is 9.78 Å². The fourth-order valence-electron chi connectivity index (χ4n) is 3.82. The molecule has 2 amide bonds. The molecular weight excluding hydrogens is 400 g/mol. The van der Waals surface area contributed by atoms with E-state index in [0.717, 1.165) is 34.4 Å². The van der Waals surface area contributed by atoms with Crippen molar-refractivity contribution >= 4 is 27.9 Å². The minimum atomic E-state index is -0.447. The van der Waals surface area contributed by atoms with Gasteiger partial charge >= 0.3 is 6.09 Å². The molecule has 1 N–H and O–H groups in total. The summed E-state index contributed by atoms with van der Waals surface area (Å²) in [5, 5.41) is 0. The topological polar surface area (TPSA) is 78.5 Å². The number of nitrogens with zero attached hydrogens (tertiary/aromatic N) is 3. The second kappa shape index (κ2) is 6.75. The molecule has 0 bridgehead atoms. The highest BCUT2D eigenvalue weighted by Crippen LogP contribution is 2.38. The minimum absolute atomic E-state index is 0.0154. The van der Waals surface area contributed by atoms with E-state index in [9.17, 15) is 9.59 Å². The second-order valence-electron chi connectivity index (χ2n) is 6.59. The number of carbonyl (C=O) groups is 2. The van der Waals surface area contributed by atoms with Crippen molar-refractivity contribution in [2.24, 2.45) is 0 Å². The van der Waals surface area contributed by atoms with E-state index < -0.39 is 6.09 Å². The Morgan fingerprint density at radius 2 is 2.08 bits per heavy atom. The molecule has 2 aliphatic rings. The van der Waals surface area contributed by atoms with Crippen molar-refractivity contribution in [3.05, 3.63) is 40.8 Å². The van der Waals surface area contributed by atoms with Crippen molar-refractivity contribution in [1.82, 2.24) is 19.8 Å². The first-order valence-corrected chi connectivity index (χ1v) is 9.31. The van der Waals surface area contributed by atoms with E-state index in [1.165, 1.54) is 12.0 Å². The molecule has 26 heavy (non-hydrogen) atoms. The average Bonchev–Trinajstić information content (AvgIpc) is 3.28. The van der Waals surface area contributed by atoms with Crippen LogP contribution < -0.4 is 0 Å². The van der Waals surface area contributed by atoms with Crippen molar-refractivity contribution in [2.75, 3.05) is 20.2 Å². The molecule has 4 rings (SSSR count). The lowest BCUT2D eigenvalue weighted by Crippen LogP contribution is -2.55. The summed E-state index contributed by atoms with van der Waals surface area (Å²) < 4.78 is 5.78. The van der Waals surface area contributed by atoms with E-state index in [0.29, 0.717) is 6.54 Å². The maximum absolute atomic E-state index is 12.6. The Bertz CT molecular complexity index is 835. The van der Waals surface area contributed by atoms with Crippen LogP contribution in [0.25, 0.3) is 11.3 Å². The standard InChI is InChI=1S/C18H19BrN4O3/c1-26-18(25)22-9-13-6-7-15(23(13)16(24)10-22)17-20-8-14(21-17)11-2-4-12(19)5-3-11/h2-5,8,13,15H,6-7,9-10H2,1H3,(H,20,21)/t13-,15-/m0/s1. The van der Waals surface area contributed by atoms with Crippen LogP contribution in [0.4, 0.5) is 4.79 Å². The molecular formula is C18H19BrN4O3. The summed E-state index contributed by atoms with van der Waals surface area (Å²) in [6, 6.07) is 7.93. The number of piperazine rings is 1. The van der Waals surface area contributed by atoms with Crippen molar-refractivity contribution < 1.29 is 14.3 Å². The van der Waals surface area contributed by atoms with Crippen molar-refractivity contribution in [1.29, 1.82) is 0 Å². The Morgan fingerprint density at radius 3 is 2.81 bits per heavy atom. The van der Waals surface area contributed by atoms with Gasteiger partial charge in [-0.3, -0.25) is 9.69 Å². The number of fused-ring (bicyclic) bond motifs is 1. The Labute approximate surface area is 159 Å². The molecule has 3 heterocycles. The summed E-state index contributed by atoms with van der Waals surface area (Å²) in [4.78, 5) is 35.6. The van der Waals surface area contributed by atoms with Gasteiger partial charge in [-0.05, 0) is 30.5 Å². The number of halogens is 1. The molecule has 8 heteroatoms. The molecule has 2 fully saturated rings. The fourth-order valence-corrected chi connectivity index (χ4v) is 4.09. The van der Waals surface area contributed by atoms with Gasteiger partial charge in [0.1, 0.15) is 12.4 Å². The highest BCUT2D eigenvalue weighted by Gasteiger charge is 2.44. The van der Waals surface area contributed by atoms with Gasteiger partial charge in [0, 0.05) is 11.0 Å². The van der Waals surface area contributed by atoms with E-state index in [4.69, 9.17) is 4.74 Å². The van der Waals surface area contributed by atoms with Crippen LogP contribution in [0.3, 0.4) is 0 Å². The Kier molecular flexibility index (Phi) is 4.44. The maximum Gasteiger partial charge on any atom is 0.410 e. The Balaban J connectivity index is 1.54. The number of aromatic amines is 1. The largest absolute Gasteiger partial charge is 0.453 e. The summed E-state index contributed by atoms with van der Waals surface area (Å²) in [6.07, 6.45) is 3.04. The highest BCUT2D eigenvalue weighted by atomic mass is 79.9. The predicted octanol–water partition coefficient (Wildman–Crippen LogP) is 2.95. The van der Waals surface area contributed by atoms with Gasteiger partial charge in [-0.1, -0.05) is 28.1 Å². The number of imidazole rings is 1.